The van der Waals surface area contributed by atoms with Gasteiger partial charge in [0.05, 0.1) is 8.07 Å². The second-order valence-corrected chi connectivity index (χ2v) is 12.0. The van der Waals surface area contributed by atoms with E-state index in [9.17, 15) is 0 Å². The fourth-order valence-corrected chi connectivity index (χ4v) is 4.58. The number of hydrogen-bond donors (Lipinski definition) is 1. The van der Waals surface area contributed by atoms with Gasteiger partial charge >= 0.3 is 0 Å². The third-order valence-electron chi connectivity index (χ3n) is 4.36. The van der Waals surface area contributed by atoms with E-state index in [-0.39, 0.29) is 6.04 Å². The minimum absolute atomic E-state index is 0.0586. The molecule has 1 rings (SSSR count). The zero-order valence-electron chi connectivity index (χ0n) is 12.7. The third kappa shape index (κ3) is 2.60. The Labute approximate surface area is 113 Å². The van der Waals surface area contributed by atoms with Crippen molar-refractivity contribution in [1.29, 1.82) is 0 Å². The maximum Gasteiger partial charge on any atom is 0.0863 e. The fourth-order valence-electron chi connectivity index (χ4n) is 2.22. The molecule has 1 aromatic carbocycles. The van der Waals surface area contributed by atoms with E-state index in [0.717, 1.165) is 0 Å². The Morgan fingerprint density at radius 1 is 1.28 bits per heavy atom. The molecule has 0 saturated heterocycles. The first-order valence-electron chi connectivity index (χ1n) is 6.64. The van der Waals surface area contributed by atoms with Crippen LogP contribution < -0.4 is 10.9 Å². The molecular formula is C16H27NSi. The molecule has 1 aromatic rings. The minimum atomic E-state index is -1.56. The van der Waals surface area contributed by atoms with E-state index < -0.39 is 8.07 Å². The molecule has 0 fully saturated rings. The standard InChI is InChI=1S/C16H27NSi/c1-8-13-10-9-11-14(15(13)12(2)17)18(6,7)16(3,4)5/h8-12H,1,17H2,2-7H3. The van der Waals surface area contributed by atoms with E-state index in [1.165, 1.54) is 16.3 Å². The number of benzene rings is 1. The summed E-state index contributed by atoms with van der Waals surface area (Å²) in [5.74, 6) is 0. The summed E-state index contributed by atoms with van der Waals surface area (Å²) in [6.07, 6.45) is 1.93. The summed E-state index contributed by atoms with van der Waals surface area (Å²) < 4.78 is 0. The van der Waals surface area contributed by atoms with Crippen LogP contribution in [0.3, 0.4) is 0 Å². The summed E-state index contributed by atoms with van der Waals surface area (Å²) in [7, 11) is -1.56. The van der Waals surface area contributed by atoms with Gasteiger partial charge in [-0.2, -0.15) is 0 Å². The Morgan fingerprint density at radius 2 is 1.83 bits per heavy atom. The third-order valence-corrected chi connectivity index (χ3v) is 9.90. The lowest BCUT2D eigenvalue weighted by Gasteiger charge is -2.39. The maximum atomic E-state index is 6.21. The molecule has 0 heterocycles. The molecule has 0 aliphatic rings. The SMILES string of the molecule is C=Cc1cccc([Si](C)(C)C(C)(C)C)c1C(C)N. The zero-order valence-corrected chi connectivity index (χ0v) is 13.7. The van der Waals surface area contributed by atoms with Crippen LogP contribution in [0.5, 0.6) is 0 Å². The number of nitrogens with two attached hydrogens (primary N) is 1. The summed E-state index contributed by atoms with van der Waals surface area (Å²) in [5, 5.41) is 1.79. The van der Waals surface area contributed by atoms with Gasteiger partial charge < -0.3 is 5.73 Å². The van der Waals surface area contributed by atoms with Gasteiger partial charge in [-0.1, -0.05) is 69.9 Å². The van der Waals surface area contributed by atoms with E-state index in [1.54, 1.807) is 0 Å². The fraction of sp³-hybridized carbons (Fsp3) is 0.500. The van der Waals surface area contributed by atoms with Gasteiger partial charge in [0.25, 0.3) is 0 Å². The molecular weight excluding hydrogens is 234 g/mol. The molecule has 0 aromatic heterocycles. The first kappa shape index (κ1) is 15.2. The zero-order chi connectivity index (χ0) is 14.1. The van der Waals surface area contributed by atoms with Crippen LogP contribution in [-0.4, -0.2) is 8.07 Å². The molecule has 1 atom stereocenters. The molecule has 0 bridgehead atoms. The second-order valence-electron chi connectivity index (χ2n) is 6.68. The topological polar surface area (TPSA) is 26.0 Å². The van der Waals surface area contributed by atoms with Crippen molar-refractivity contribution in [2.45, 2.75) is 51.9 Å². The van der Waals surface area contributed by atoms with Crippen molar-refractivity contribution in [3.63, 3.8) is 0 Å². The van der Waals surface area contributed by atoms with E-state index in [2.05, 4.69) is 65.6 Å². The van der Waals surface area contributed by atoms with Crippen LogP contribution in [0.25, 0.3) is 6.08 Å². The predicted molar refractivity (Wildman–Crippen MR) is 86.0 cm³/mol. The highest BCUT2D eigenvalue weighted by atomic mass is 28.3. The Hall–Kier alpha value is -0.863. The van der Waals surface area contributed by atoms with Crippen molar-refractivity contribution in [3.05, 3.63) is 35.9 Å². The molecule has 18 heavy (non-hydrogen) atoms. The summed E-state index contributed by atoms with van der Waals surface area (Å²) in [6, 6.07) is 6.58. The van der Waals surface area contributed by atoms with Gasteiger partial charge in [-0.25, -0.2) is 0 Å². The van der Waals surface area contributed by atoms with Crippen LogP contribution in [0.4, 0.5) is 0 Å². The number of hydrogen-bond acceptors (Lipinski definition) is 1. The van der Waals surface area contributed by atoms with Crippen molar-refractivity contribution in [2.24, 2.45) is 5.73 Å². The van der Waals surface area contributed by atoms with Crippen molar-refractivity contribution < 1.29 is 0 Å². The van der Waals surface area contributed by atoms with E-state index in [0.29, 0.717) is 5.04 Å². The van der Waals surface area contributed by atoms with Crippen LogP contribution >= 0.6 is 0 Å². The van der Waals surface area contributed by atoms with Gasteiger partial charge in [0.2, 0.25) is 0 Å². The highest BCUT2D eigenvalue weighted by molar-refractivity contribution is 6.92. The molecule has 2 heteroatoms. The van der Waals surface area contributed by atoms with Crippen molar-refractivity contribution in [1.82, 2.24) is 0 Å². The monoisotopic (exact) mass is 261 g/mol. The largest absolute Gasteiger partial charge is 0.324 e. The van der Waals surface area contributed by atoms with Gasteiger partial charge in [0, 0.05) is 6.04 Å². The Bertz CT molecular complexity index is 439. The van der Waals surface area contributed by atoms with Gasteiger partial charge in [0.1, 0.15) is 0 Å². The first-order chi connectivity index (χ1) is 8.13. The molecule has 100 valence electrons. The molecule has 0 aliphatic carbocycles. The molecule has 0 saturated carbocycles. The lowest BCUT2D eigenvalue weighted by Crippen LogP contribution is -2.51. The molecule has 0 radical (unpaired) electrons. The summed E-state index contributed by atoms with van der Waals surface area (Å²) in [6.45, 7) is 17.9. The van der Waals surface area contributed by atoms with Crippen LogP contribution in [0, 0.1) is 0 Å². The Balaban J connectivity index is 3.55. The van der Waals surface area contributed by atoms with E-state index in [1.807, 2.05) is 6.08 Å². The van der Waals surface area contributed by atoms with Crippen LogP contribution in [0.2, 0.25) is 18.1 Å². The van der Waals surface area contributed by atoms with Crippen molar-refractivity contribution >= 4 is 19.3 Å². The Morgan fingerprint density at radius 3 is 2.22 bits per heavy atom. The molecule has 1 nitrogen and oxygen atoms in total. The molecule has 0 spiro atoms. The molecule has 2 N–H and O–H groups in total. The summed E-state index contributed by atoms with van der Waals surface area (Å²) in [4.78, 5) is 0. The van der Waals surface area contributed by atoms with Crippen molar-refractivity contribution in [2.75, 3.05) is 0 Å². The molecule has 0 aliphatic heterocycles. The first-order valence-corrected chi connectivity index (χ1v) is 9.64. The summed E-state index contributed by atoms with van der Waals surface area (Å²) >= 11 is 0. The normalized spacial score (nSPS) is 14.4. The average molecular weight is 261 g/mol. The lowest BCUT2D eigenvalue weighted by atomic mass is 10.0. The van der Waals surface area contributed by atoms with Gasteiger partial charge in [0.15, 0.2) is 0 Å². The van der Waals surface area contributed by atoms with Crippen LogP contribution in [0.15, 0.2) is 24.8 Å². The Kier molecular flexibility index (Phi) is 4.24. The number of rotatable bonds is 3. The van der Waals surface area contributed by atoms with E-state index >= 15 is 0 Å². The average Bonchev–Trinajstić information content (AvgIpc) is 2.26. The molecule has 0 amide bonds. The smallest absolute Gasteiger partial charge is 0.0863 e. The van der Waals surface area contributed by atoms with Crippen molar-refractivity contribution in [3.8, 4) is 0 Å². The van der Waals surface area contributed by atoms with Gasteiger partial charge in [-0.05, 0) is 23.1 Å². The highest BCUT2D eigenvalue weighted by Gasteiger charge is 2.38. The van der Waals surface area contributed by atoms with E-state index in [4.69, 9.17) is 5.73 Å². The maximum absolute atomic E-state index is 6.21. The van der Waals surface area contributed by atoms with Crippen LogP contribution in [0.1, 0.15) is 44.9 Å². The van der Waals surface area contributed by atoms with Gasteiger partial charge in [-0.15, -0.1) is 0 Å². The second kappa shape index (κ2) is 5.02. The van der Waals surface area contributed by atoms with Gasteiger partial charge in [-0.3, -0.25) is 0 Å². The summed E-state index contributed by atoms with van der Waals surface area (Å²) in [5.41, 5.74) is 8.68. The van der Waals surface area contributed by atoms with Crippen LogP contribution in [-0.2, 0) is 0 Å². The minimum Gasteiger partial charge on any atom is -0.324 e. The lowest BCUT2D eigenvalue weighted by molar-refractivity contribution is 0.727. The predicted octanol–water partition coefficient (Wildman–Crippen LogP) is 4.06. The molecule has 1 unspecified atom stereocenters. The quantitative estimate of drug-likeness (QED) is 0.816. The highest BCUT2D eigenvalue weighted by Crippen LogP contribution is 2.37.